The lowest BCUT2D eigenvalue weighted by atomic mass is 10.0. The van der Waals surface area contributed by atoms with E-state index in [1.165, 1.54) is 30.4 Å². The van der Waals surface area contributed by atoms with Crippen LogP contribution >= 0.6 is 0 Å². The van der Waals surface area contributed by atoms with Gasteiger partial charge >= 0.3 is 0 Å². The Balaban J connectivity index is 1.41. The number of ketones is 1. The molecule has 1 N–H and O–H groups in total. The van der Waals surface area contributed by atoms with Gasteiger partial charge in [-0.3, -0.25) is 9.69 Å². The summed E-state index contributed by atoms with van der Waals surface area (Å²) >= 11 is 0. The fourth-order valence-corrected chi connectivity index (χ4v) is 4.01. The summed E-state index contributed by atoms with van der Waals surface area (Å²) in [5.74, 6) is 0.427. The van der Waals surface area contributed by atoms with Crippen LogP contribution < -0.4 is 5.32 Å². The van der Waals surface area contributed by atoms with Gasteiger partial charge in [0.1, 0.15) is 5.58 Å². The van der Waals surface area contributed by atoms with E-state index in [1.807, 2.05) is 30.3 Å². The van der Waals surface area contributed by atoms with Crippen molar-refractivity contribution >= 4 is 16.8 Å². The molecule has 0 saturated carbocycles. The SMILES string of the molecule is Cc1ccc(C(CNCC(=O)c2cc3ccccc3o2)N2CCCCC2)cc1. The maximum Gasteiger partial charge on any atom is 0.211 e. The molecule has 4 rings (SSSR count). The minimum Gasteiger partial charge on any atom is -0.453 e. The van der Waals surface area contributed by atoms with E-state index < -0.39 is 0 Å². The highest BCUT2D eigenvalue weighted by Crippen LogP contribution is 2.25. The van der Waals surface area contributed by atoms with Crippen LogP contribution in [0.4, 0.5) is 0 Å². The first-order valence-electron chi connectivity index (χ1n) is 10.2. The highest BCUT2D eigenvalue weighted by Gasteiger charge is 2.22. The third kappa shape index (κ3) is 4.34. The smallest absolute Gasteiger partial charge is 0.211 e. The monoisotopic (exact) mass is 376 g/mol. The van der Waals surface area contributed by atoms with Crippen molar-refractivity contribution in [1.82, 2.24) is 10.2 Å². The van der Waals surface area contributed by atoms with E-state index >= 15 is 0 Å². The van der Waals surface area contributed by atoms with Gasteiger partial charge in [-0.2, -0.15) is 0 Å². The quantitative estimate of drug-likeness (QED) is 0.605. The van der Waals surface area contributed by atoms with Gasteiger partial charge in [-0.1, -0.05) is 54.4 Å². The number of benzene rings is 2. The van der Waals surface area contributed by atoms with Crippen molar-refractivity contribution in [1.29, 1.82) is 0 Å². The number of furan rings is 1. The van der Waals surface area contributed by atoms with Crippen LogP contribution in [0.25, 0.3) is 11.0 Å². The van der Waals surface area contributed by atoms with Crippen LogP contribution in [0.2, 0.25) is 0 Å². The van der Waals surface area contributed by atoms with Gasteiger partial charge in [-0.25, -0.2) is 0 Å². The molecule has 0 amide bonds. The van der Waals surface area contributed by atoms with Crippen LogP contribution in [0, 0.1) is 6.92 Å². The molecule has 1 aromatic heterocycles. The van der Waals surface area contributed by atoms with E-state index in [-0.39, 0.29) is 12.3 Å². The van der Waals surface area contributed by atoms with Crippen molar-refractivity contribution < 1.29 is 9.21 Å². The molecule has 1 atom stereocenters. The van der Waals surface area contributed by atoms with E-state index in [4.69, 9.17) is 4.42 Å². The number of nitrogens with one attached hydrogen (secondary N) is 1. The largest absolute Gasteiger partial charge is 0.453 e. The molecule has 0 spiro atoms. The number of hydrogen-bond donors (Lipinski definition) is 1. The van der Waals surface area contributed by atoms with E-state index in [1.54, 1.807) is 0 Å². The molecule has 146 valence electrons. The lowest BCUT2D eigenvalue weighted by Gasteiger charge is -2.35. The van der Waals surface area contributed by atoms with Crippen molar-refractivity contribution in [3.05, 3.63) is 71.5 Å². The lowest BCUT2D eigenvalue weighted by molar-refractivity contribution is 0.0959. The molecule has 3 aromatic rings. The molecule has 4 nitrogen and oxygen atoms in total. The van der Waals surface area contributed by atoms with E-state index in [0.29, 0.717) is 11.8 Å². The number of fused-ring (bicyclic) bond motifs is 1. The number of carbonyl (C=O) groups is 1. The van der Waals surface area contributed by atoms with Crippen LogP contribution in [0.15, 0.2) is 59.0 Å². The Morgan fingerprint density at radius 1 is 1.07 bits per heavy atom. The van der Waals surface area contributed by atoms with Crippen molar-refractivity contribution in [2.45, 2.75) is 32.2 Å². The minimum atomic E-state index is -0.00231. The first-order chi connectivity index (χ1) is 13.7. The molecule has 1 fully saturated rings. The number of carbonyl (C=O) groups excluding carboxylic acids is 1. The Hall–Kier alpha value is -2.43. The first kappa shape index (κ1) is 18.9. The molecule has 1 aliphatic rings. The molecule has 1 aliphatic heterocycles. The number of likely N-dealkylation sites (tertiary alicyclic amines) is 1. The number of aryl methyl sites for hydroxylation is 1. The second-order valence-corrected chi connectivity index (χ2v) is 7.73. The number of hydrogen-bond acceptors (Lipinski definition) is 4. The number of para-hydroxylation sites is 1. The van der Waals surface area contributed by atoms with Gasteiger partial charge < -0.3 is 9.73 Å². The normalized spacial score (nSPS) is 16.3. The predicted molar refractivity (Wildman–Crippen MR) is 113 cm³/mol. The second-order valence-electron chi connectivity index (χ2n) is 7.73. The summed E-state index contributed by atoms with van der Waals surface area (Å²) in [6.07, 6.45) is 3.82. The molecular formula is C24H28N2O2. The van der Waals surface area contributed by atoms with Gasteiger partial charge in [0.05, 0.1) is 6.54 Å². The summed E-state index contributed by atoms with van der Waals surface area (Å²) in [5, 5.41) is 4.36. The minimum absolute atomic E-state index is 0.00231. The predicted octanol–water partition coefficient (Wildman–Crippen LogP) is 4.74. The van der Waals surface area contributed by atoms with E-state index in [0.717, 1.165) is 30.6 Å². The molecule has 1 saturated heterocycles. The fraction of sp³-hybridized carbons (Fsp3) is 0.375. The highest BCUT2D eigenvalue weighted by atomic mass is 16.3. The molecule has 0 radical (unpaired) electrons. The molecule has 0 aliphatic carbocycles. The highest BCUT2D eigenvalue weighted by molar-refractivity contribution is 5.98. The fourth-order valence-electron chi connectivity index (χ4n) is 4.01. The van der Waals surface area contributed by atoms with Crippen LogP contribution in [0.3, 0.4) is 0 Å². The zero-order chi connectivity index (χ0) is 19.3. The van der Waals surface area contributed by atoms with Gasteiger partial charge in [-0.05, 0) is 50.6 Å². The van der Waals surface area contributed by atoms with Gasteiger partial charge in [0, 0.05) is 18.0 Å². The van der Waals surface area contributed by atoms with Gasteiger partial charge in [0.15, 0.2) is 5.76 Å². The summed E-state index contributed by atoms with van der Waals surface area (Å²) in [4.78, 5) is 15.1. The van der Waals surface area contributed by atoms with E-state index in [2.05, 4.69) is 41.4 Å². The first-order valence-corrected chi connectivity index (χ1v) is 10.2. The van der Waals surface area contributed by atoms with E-state index in [9.17, 15) is 4.79 Å². The average molecular weight is 377 g/mol. The van der Waals surface area contributed by atoms with Crippen molar-refractivity contribution in [3.63, 3.8) is 0 Å². The third-order valence-electron chi connectivity index (χ3n) is 5.62. The maximum absolute atomic E-state index is 12.6. The van der Waals surface area contributed by atoms with Crippen LogP contribution in [0.1, 0.15) is 47.0 Å². The van der Waals surface area contributed by atoms with Crippen LogP contribution in [-0.2, 0) is 0 Å². The third-order valence-corrected chi connectivity index (χ3v) is 5.62. The average Bonchev–Trinajstić information content (AvgIpc) is 3.17. The van der Waals surface area contributed by atoms with Gasteiger partial charge in [-0.15, -0.1) is 0 Å². The van der Waals surface area contributed by atoms with Gasteiger partial charge in [0.25, 0.3) is 0 Å². The zero-order valence-electron chi connectivity index (χ0n) is 16.5. The summed E-state index contributed by atoms with van der Waals surface area (Å²) in [6, 6.07) is 18.6. The molecule has 0 bridgehead atoms. The Kier molecular flexibility index (Phi) is 5.89. The molecule has 2 aromatic carbocycles. The molecular weight excluding hydrogens is 348 g/mol. The van der Waals surface area contributed by atoms with Crippen molar-refractivity contribution in [2.75, 3.05) is 26.2 Å². The molecule has 2 heterocycles. The molecule has 4 heteroatoms. The molecule has 1 unspecified atom stereocenters. The summed E-state index contributed by atoms with van der Waals surface area (Å²) in [6.45, 7) is 5.41. The Labute approximate surface area is 166 Å². The lowest BCUT2D eigenvalue weighted by Crippen LogP contribution is -2.40. The Morgan fingerprint density at radius 2 is 1.82 bits per heavy atom. The second kappa shape index (κ2) is 8.72. The van der Waals surface area contributed by atoms with Crippen molar-refractivity contribution in [3.8, 4) is 0 Å². The van der Waals surface area contributed by atoms with Crippen LogP contribution in [0.5, 0.6) is 0 Å². The summed E-state index contributed by atoms with van der Waals surface area (Å²) in [5.41, 5.74) is 3.35. The topological polar surface area (TPSA) is 45.5 Å². The molecule has 28 heavy (non-hydrogen) atoms. The van der Waals surface area contributed by atoms with Crippen molar-refractivity contribution in [2.24, 2.45) is 0 Å². The number of rotatable bonds is 7. The van der Waals surface area contributed by atoms with Crippen LogP contribution in [-0.4, -0.2) is 36.9 Å². The number of Topliss-reactive ketones (excluding diaryl/α,β-unsaturated/α-hetero) is 1. The summed E-state index contributed by atoms with van der Waals surface area (Å²) in [7, 11) is 0. The Bertz CT molecular complexity index is 890. The number of piperidine rings is 1. The number of nitrogens with zero attached hydrogens (tertiary/aromatic N) is 1. The standard InChI is InChI=1S/C24H28N2O2/c1-18-9-11-19(12-10-18)21(26-13-5-2-6-14-26)16-25-17-22(27)24-15-20-7-3-4-8-23(20)28-24/h3-4,7-12,15,21,25H,2,5-6,13-14,16-17H2,1H3. The zero-order valence-corrected chi connectivity index (χ0v) is 16.5. The summed E-state index contributed by atoms with van der Waals surface area (Å²) < 4.78 is 5.70. The van der Waals surface area contributed by atoms with Gasteiger partial charge in [0.2, 0.25) is 5.78 Å². The Morgan fingerprint density at radius 3 is 2.57 bits per heavy atom. The maximum atomic E-state index is 12.6.